The fraction of sp³-hybridized carbons (Fsp3) is 0.316. The van der Waals surface area contributed by atoms with E-state index in [1.165, 1.54) is 24.3 Å². The van der Waals surface area contributed by atoms with Gasteiger partial charge in [-0.15, -0.1) is 0 Å². The van der Waals surface area contributed by atoms with Crippen molar-refractivity contribution in [1.29, 1.82) is 0 Å². The Morgan fingerprint density at radius 2 is 1.89 bits per heavy atom. The van der Waals surface area contributed by atoms with Gasteiger partial charge in [-0.05, 0) is 36.2 Å². The predicted molar refractivity (Wildman–Crippen MR) is 100 cm³/mol. The van der Waals surface area contributed by atoms with E-state index in [9.17, 15) is 15.2 Å². The van der Waals surface area contributed by atoms with E-state index in [4.69, 9.17) is 9.47 Å². The molecule has 0 aromatic heterocycles. The van der Waals surface area contributed by atoms with Crippen LogP contribution < -0.4 is 9.47 Å². The van der Waals surface area contributed by atoms with Crippen LogP contribution in [-0.4, -0.2) is 48.5 Å². The minimum absolute atomic E-state index is 0.0267. The number of hydrogen-bond acceptors (Lipinski definition) is 7. The van der Waals surface area contributed by atoms with Crippen LogP contribution >= 0.6 is 0 Å². The van der Waals surface area contributed by atoms with E-state index < -0.39 is 10.8 Å². The minimum atomic E-state index is -1.52. The molecule has 8 heteroatoms. The van der Waals surface area contributed by atoms with Gasteiger partial charge in [0, 0.05) is 37.0 Å². The van der Waals surface area contributed by atoms with Crippen molar-refractivity contribution >= 4 is 11.9 Å². The summed E-state index contributed by atoms with van der Waals surface area (Å²) in [5.41, 5.74) is 1.50. The lowest BCUT2D eigenvalue weighted by Gasteiger charge is -2.31. The molecule has 8 nitrogen and oxygen atoms in total. The molecule has 2 aromatic carbocycles. The summed E-state index contributed by atoms with van der Waals surface area (Å²) in [6.45, 7) is 1.03. The fourth-order valence-corrected chi connectivity index (χ4v) is 3.09. The van der Waals surface area contributed by atoms with Crippen LogP contribution in [0.5, 0.6) is 11.5 Å². The smallest absolute Gasteiger partial charge is 0.269 e. The summed E-state index contributed by atoms with van der Waals surface area (Å²) in [6, 6.07) is 11.5. The number of nitrogens with zero attached hydrogens (tertiary/aromatic N) is 3. The SMILES string of the molecule is COc1ccc(CCN2CC=NC2(O)c2ccc([N+](=O)[O-])cc2)cc1OC. The molecule has 27 heavy (non-hydrogen) atoms. The van der Waals surface area contributed by atoms with Gasteiger partial charge in [-0.3, -0.25) is 10.1 Å². The molecular weight excluding hydrogens is 350 g/mol. The molecule has 0 fully saturated rings. The Kier molecular flexibility index (Phi) is 5.38. The Morgan fingerprint density at radius 1 is 1.19 bits per heavy atom. The van der Waals surface area contributed by atoms with Gasteiger partial charge in [0.2, 0.25) is 5.85 Å². The van der Waals surface area contributed by atoms with Gasteiger partial charge < -0.3 is 14.6 Å². The predicted octanol–water partition coefficient (Wildman–Crippen LogP) is 2.34. The van der Waals surface area contributed by atoms with Gasteiger partial charge in [-0.2, -0.15) is 0 Å². The Morgan fingerprint density at radius 3 is 2.52 bits per heavy atom. The highest BCUT2D eigenvalue weighted by Gasteiger charge is 2.38. The second-order valence-corrected chi connectivity index (χ2v) is 6.14. The monoisotopic (exact) mass is 371 g/mol. The van der Waals surface area contributed by atoms with Crippen LogP contribution in [0.1, 0.15) is 11.1 Å². The zero-order valence-corrected chi connectivity index (χ0v) is 15.2. The molecule has 2 aromatic rings. The molecule has 1 atom stereocenters. The number of nitro benzene ring substituents is 1. The van der Waals surface area contributed by atoms with E-state index in [0.29, 0.717) is 36.6 Å². The Hall–Kier alpha value is -2.97. The number of ether oxygens (including phenoxy) is 2. The first-order valence-corrected chi connectivity index (χ1v) is 8.45. The second kappa shape index (κ2) is 7.73. The molecule has 1 aliphatic heterocycles. The van der Waals surface area contributed by atoms with E-state index in [-0.39, 0.29) is 5.69 Å². The van der Waals surface area contributed by atoms with Crippen LogP contribution in [0.15, 0.2) is 47.5 Å². The highest BCUT2D eigenvalue weighted by molar-refractivity contribution is 5.63. The van der Waals surface area contributed by atoms with E-state index in [0.717, 1.165) is 5.56 Å². The van der Waals surface area contributed by atoms with E-state index in [2.05, 4.69) is 4.99 Å². The van der Waals surface area contributed by atoms with Gasteiger partial charge in [0.05, 0.1) is 19.1 Å². The molecule has 1 unspecified atom stereocenters. The zero-order valence-electron chi connectivity index (χ0n) is 15.2. The third-order valence-electron chi connectivity index (χ3n) is 4.60. The van der Waals surface area contributed by atoms with Crippen molar-refractivity contribution in [1.82, 2.24) is 4.90 Å². The second-order valence-electron chi connectivity index (χ2n) is 6.14. The number of non-ortho nitro benzene ring substituents is 1. The van der Waals surface area contributed by atoms with Crippen LogP contribution in [0, 0.1) is 10.1 Å². The number of nitro groups is 1. The van der Waals surface area contributed by atoms with Gasteiger partial charge in [0.15, 0.2) is 11.5 Å². The first-order chi connectivity index (χ1) is 13.0. The lowest BCUT2D eigenvalue weighted by Crippen LogP contribution is -2.42. The molecule has 0 bridgehead atoms. The van der Waals surface area contributed by atoms with Gasteiger partial charge in [0.1, 0.15) is 0 Å². The van der Waals surface area contributed by atoms with Crippen molar-refractivity contribution in [3.05, 3.63) is 63.7 Å². The molecule has 142 valence electrons. The molecule has 0 aliphatic carbocycles. The van der Waals surface area contributed by atoms with Gasteiger partial charge in [-0.25, -0.2) is 9.89 Å². The summed E-state index contributed by atoms with van der Waals surface area (Å²) in [5, 5.41) is 21.8. The van der Waals surface area contributed by atoms with Crippen LogP contribution in [-0.2, 0) is 12.3 Å². The quantitative estimate of drug-likeness (QED) is 0.593. The van der Waals surface area contributed by atoms with Crippen LogP contribution in [0.25, 0.3) is 0 Å². The van der Waals surface area contributed by atoms with Crippen LogP contribution in [0.2, 0.25) is 0 Å². The van der Waals surface area contributed by atoms with Crippen molar-refractivity contribution in [2.75, 3.05) is 27.3 Å². The largest absolute Gasteiger partial charge is 0.493 e. The summed E-state index contributed by atoms with van der Waals surface area (Å²) < 4.78 is 10.6. The molecule has 0 radical (unpaired) electrons. The first kappa shape index (κ1) is 18.8. The molecule has 0 spiro atoms. The van der Waals surface area contributed by atoms with Crippen molar-refractivity contribution in [3.63, 3.8) is 0 Å². The normalized spacial score (nSPS) is 19.2. The lowest BCUT2D eigenvalue weighted by atomic mass is 10.1. The first-order valence-electron chi connectivity index (χ1n) is 8.45. The summed E-state index contributed by atoms with van der Waals surface area (Å²) in [6.07, 6.45) is 2.31. The third-order valence-corrected chi connectivity index (χ3v) is 4.60. The minimum Gasteiger partial charge on any atom is -0.493 e. The highest BCUT2D eigenvalue weighted by atomic mass is 16.6. The number of benzene rings is 2. The van der Waals surface area contributed by atoms with Gasteiger partial charge in [0.25, 0.3) is 5.69 Å². The average Bonchev–Trinajstić information content (AvgIpc) is 3.07. The molecule has 0 saturated carbocycles. The number of aliphatic imine (C=N–C) groups is 1. The highest BCUT2D eigenvalue weighted by Crippen LogP contribution is 2.32. The topological polar surface area (TPSA) is 97.4 Å². The lowest BCUT2D eigenvalue weighted by molar-refractivity contribution is -0.384. The third kappa shape index (κ3) is 3.76. The standard InChI is InChI=1S/C19H21N3O5/c1-26-17-8-3-14(13-18(17)27-2)9-11-21-12-10-20-19(21,23)15-4-6-16(7-5-15)22(24)25/h3-8,10,13,23H,9,11-12H2,1-2H3. The van der Waals surface area contributed by atoms with Crippen LogP contribution in [0.3, 0.4) is 0 Å². The van der Waals surface area contributed by atoms with Crippen molar-refractivity contribution in [2.24, 2.45) is 4.99 Å². The Balaban J connectivity index is 1.74. The number of hydrogen-bond donors (Lipinski definition) is 1. The molecule has 0 saturated heterocycles. The summed E-state index contributed by atoms with van der Waals surface area (Å²) >= 11 is 0. The van der Waals surface area contributed by atoms with E-state index >= 15 is 0 Å². The van der Waals surface area contributed by atoms with Crippen molar-refractivity contribution in [3.8, 4) is 11.5 Å². The summed E-state index contributed by atoms with van der Waals surface area (Å²) in [5.74, 6) is -0.211. The fourth-order valence-electron chi connectivity index (χ4n) is 3.09. The molecular formula is C19H21N3O5. The molecule has 3 rings (SSSR count). The summed E-state index contributed by atoms with van der Waals surface area (Å²) in [7, 11) is 3.17. The maximum Gasteiger partial charge on any atom is 0.269 e. The van der Waals surface area contributed by atoms with Gasteiger partial charge in [-0.1, -0.05) is 6.07 Å². The maximum absolute atomic E-state index is 11.0. The van der Waals surface area contributed by atoms with Crippen LogP contribution in [0.4, 0.5) is 5.69 Å². The van der Waals surface area contributed by atoms with Crippen molar-refractivity contribution in [2.45, 2.75) is 12.3 Å². The number of aliphatic hydroxyl groups is 1. The molecule has 1 N–H and O–H groups in total. The molecule has 1 heterocycles. The zero-order chi connectivity index (χ0) is 19.4. The van der Waals surface area contributed by atoms with E-state index in [1.807, 2.05) is 23.1 Å². The van der Waals surface area contributed by atoms with E-state index in [1.54, 1.807) is 20.4 Å². The molecule has 1 aliphatic rings. The summed E-state index contributed by atoms with van der Waals surface area (Å²) in [4.78, 5) is 16.4. The Labute approximate surface area is 156 Å². The maximum atomic E-state index is 11.0. The molecule has 0 amide bonds. The number of methoxy groups -OCH3 is 2. The van der Waals surface area contributed by atoms with Crippen molar-refractivity contribution < 1.29 is 19.5 Å². The average molecular weight is 371 g/mol. The Bertz CT molecular complexity index is 853. The van der Waals surface area contributed by atoms with Gasteiger partial charge >= 0.3 is 0 Å². The number of rotatable bonds is 7.